The number of carbonyl (C=O) groups is 4. The highest BCUT2D eigenvalue weighted by atomic mass is 16.5. The quantitative estimate of drug-likeness (QED) is 0.405. The summed E-state index contributed by atoms with van der Waals surface area (Å²) < 4.78 is 6.45. The van der Waals surface area contributed by atoms with E-state index in [2.05, 4.69) is 22.5 Å². The second-order valence-corrected chi connectivity index (χ2v) is 7.81. The van der Waals surface area contributed by atoms with Crippen LogP contribution in [0.4, 0.5) is 4.79 Å². The number of hydrogen-bond donors (Lipinski definition) is 3. The van der Waals surface area contributed by atoms with Crippen LogP contribution in [-0.2, 0) is 21.4 Å². The molecule has 0 aromatic carbocycles. The molecule has 0 bridgehead atoms. The van der Waals surface area contributed by atoms with E-state index in [0.29, 0.717) is 12.2 Å². The van der Waals surface area contributed by atoms with Gasteiger partial charge in [-0.1, -0.05) is 19.9 Å². The van der Waals surface area contributed by atoms with E-state index in [1.54, 1.807) is 49.9 Å². The summed E-state index contributed by atoms with van der Waals surface area (Å²) in [6.07, 6.45) is 3.51. The number of amides is 4. The summed E-state index contributed by atoms with van der Waals surface area (Å²) in [5.41, 5.74) is 0.419. The molecular weight excluding hydrogens is 402 g/mol. The first-order valence-electron chi connectivity index (χ1n) is 10.1. The van der Waals surface area contributed by atoms with Crippen molar-refractivity contribution in [2.75, 3.05) is 20.2 Å². The molecule has 0 aliphatic carbocycles. The smallest absolute Gasteiger partial charge is 0.328 e. The van der Waals surface area contributed by atoms with Gasteiger partial charge in [0.05, 0.1) is 13.2 Å². The fourth-order valence-electron chi connectivity index (χ4n) is 3.52. The molecule has 1 fully saturated rings. The van der Waals surface area contributed by atoms with Crippen LogP contribution >= 0.6 is 0 Å². The maximum Gasteiger partial charge on any atom is 0.328 e. The minimum Gasteiger partial charge on any atom is -0.467 e. The lowest BCUT2D eigenvalue weighted by molar-refractivity contribution is -0.146. The molecule has 4 amide bonds. The molecule has 170 valence electrons. The lowest BCUT2D eigenvalue weighted by Crippen LogP contribution is -2.52. The van der Waals surface area contributed by atoms with E-state index < -0.39 is 36.0 Å². The van der Waals surface area contributed by atoms with Crippen molar-refractivity contribution in [2.24, 2.45) is 13.0 Å². The third-order valence-corrected chi connectivity index (χ3v) is 5.19. The molecule has 10 heteroatoms. The van der Waals surface area contributed by atoms with Gasteiger partial charge in [0.2, 0.25) is 5.91 Å². The van der Waals surface area contributed by atoms with Crippen LogP contribution in [-0.4, -0.2) is 71.6 Å². The Morgan fingerprint density at radius 1 is 1.32 bits per heavy atom. The lowest BCUT2D eigenvalue weighted by atomic mass is 10.0. The Bertz CT molecular complexity index is 834. The fraction of sp³-hybridized carbons (Fsp3) is 0.524. The van der Waals surface area contributed by atoms with Crippen LogP contribution in [0.1, 0.15) is 30.8 Å². The van der Waals surface area contributed by atoms with Gasteiger partial charge in [-0.25, -0.2) is 9.59 Å². The Morgan fingerprint density at radius 2 is 2.03 bits per heavy atom. The summed E-state index contributed by atoms with van der Waals surface area (Å²) in [5, 5.41) is 8.11. The highest BCUT2D eigenvalue weighted by molar-refractivity contribution is 5.98. The number of hydrogen-bond acceptors (Lipinski definition) is 5. The molecule has 0 saturated carbocycles. The molecule has 2 heterocycles. The summed E-state index contributed by atoms with van der Waals surface area (Å²) >= 11 is 0. The maximum atomic E-state index is 13.1. The number of nitrogens with one attached hydrogen (secondary N) is 3. The zero-order valence-electron chi connectivity index (χ0n) is 18.4. The summed E-state index contributed by atoms with van der Waals surface area (Å²) in [4.78, 5) is 51.8. The number of esters is 1. The van der Waals surface area contributed by atoms with E-state index >= 15 is 0 Å². The van der Waals surface area contributed by atoms with E-state index in [1.807, 2.05) is 0 Å². The van der Waals surface area contributed by atoms with Crippen LogP contribution in [0.25, 0.3) is 0 Å². The van der Waals surface area contributed by atoms with Gasteiger partial charge < -0.3 is 30.2 Å². The Balaban J connectivity index is 2.22. The first kappa shape index (κ1) is 24.0. The first-order valence-corrected chi connectivity index (χ1v) is 10.1. The van der Waals surface area contributed by atoms with Gasteiger partial charge in [0, 0.05) is 26.3 Å². The van der Waals surface area contributed by atoms with Crippen LogP contribution < -0.4 is 16.0 Å². The van der Waals surface area contributed by atoms with Gasteiger partial charge in [-0.15, -0.1) is 6.58 Å². The monoisotopic (exact) mass is 433 g/mol. The first-order chi connectivity index (χ1) is 14.7. The molecule has 1 saturated heterocycles. The van der Waals surface area contributed by atoms with Crippen molar-refractivity contribution in [1.82, 2.24) is 25.4 Å². The molecule has 10 nitrogen and oxygen atoms in total. The Kier molecular flexibility index (Phi) is 8.23. The van der Waals surface area contributed by atoms with Gasteiger partial charge in [-0.05, 0) is 24.5 Å². The zero-order valence-corrected chi connectivity index (χ0v) is 18.4. The van der Waals surface area contributed by atoms with E-state index in [1.165, 1.54) is 12.0 Å². The van der Waals surface area contributed by atoms with Gasteiger partial charge in [0.25, 0.3) is 5.91 Å². The molecule has 1 aromatic heterocycles. The predicted molar refractivity (Wildman–Crippen MR) is 114 cm³/mol. The van der Waals surface area contributed by atoms with E-state index in [9.17, 15) is 19.2 Å². The van der Waals surface area contributed by atoms with Gasteiger partial charge in [0.1, 0.15) is 17.8 Å². The van der Waals surface area contributed by atoms with Crippen LogP contribution in [0, 0.1) is 5.92 Å². The molecule has 3 N–H and O–H groups in total. The molecule has 3 atom stereocenters. The van der Waals surface area contributed by atoms with Crippen molar-refractivity contribution in [2.45, 2.75) is 38.4 Å². The van der Waals surface area contributed by atoms with Crippen LogP contribution in [0.5, 0.6) is 0 Å². The third kappa shape index (κ3) is 5.87. The van der Waals surface area contributed by atoms with Crippen molar-refractivity contribution in [3.8, 4) is 0 Å². The van der Waals surface area contributed by atoms with Crippen molar-refractivity contribution in [1.29, 1.82) is 0 Å². The second kappa shape index (κ2) is 10.6. The van der Waals surface area contributed by atoms with E-state index in [4.69, 9.17) is 4.74 Å². The topological polar surface area (TPSA) is 122 Å². The number of carbonyl (C=O) groups excluding carboxylic acids is 4. The number of nitrogens with zero attached hydrogens (tertiary/aromatic N) is 2. The van der Waals surface area contributed by atoms with Crippen molar-refractivity contribution in [3.63, 3.8) is 0 Å². The summed E-state index contributed by atoms with van der Waals surface area (Å²) in [6, 6.07) is 0.876. The van der Waals surface area contributed by atoms with E-state index in [-0.39, 0.29) is 24.8 Å². The Hall–Kier alpha value is -3.30. The predicted octanol–water partition coefficient (Wildman–Crippen LogP) is 0.407. The molecule has 1 aromatic rings. The van der Waals surface area contributed by atoms with Gasteiger partial charge >= 0.3 is 12.0 Å². The largest absolute Gasteiger partial charge is 0.467 e. The van der Waals surface area contributed by atoms with Crippen molar-refractivity contribution >= 4 is 23.8 Å². The second-order valence-electron chi connectivity index (χ2n) is 7.81. The summed E-state index contributed by atoms with van der Waals surface area (Å²) in [7, 11) is 3.00. The van der Waals surface area contributed by atoms with Crippen LogP contribution in [0.15, 0.2) is 31.0 Å². The third-order valence-electron chi connectivity index (χ3n) is 5.19. The minimum absolute atomic E-state index is 0.161. The van der Waals surface area contributed by atoms with Crippen molar-refractivity contribution in [3.05, 3.63) is 36.7 Å². The minimum atomic E-state index is -0.849. The molecular formula is C21H31N5O5. The normalized spacial score (nSPS) is 18.9. The number of ether oxygens (including phenoxy) is 1. The van der Waals surface area contributed by atoms with Gasteiger partial charge in [-0.2, -0.15) is 0 Å². The van der Waals surface area contributed by atoms with Crippen molar-refractivity contribution < 1.29 is 23.9 Å². The highest BCUT2D eigenvalue weighted by Gasteiger charge is 2.42. The van der Waals surface area contributed by atoms with Gasteiger partial charge in [-0.3, -0.25) is 9.59 Å². The lowest BCUT2D eigenvalue weighted by Gasteiger charge is -2.27. The molecule has 0 unspecified atom stereocenters. The molecule has 31 heavy (non-hydrogen) atoms. The summed E-state index contributed by atoms with van der Waals surface area (Å²) in [6.45, 7) is 7.58. The molecule has 0 spiro atoms. The fourth-order valence-corrected chi connectivity index (χ4v) is 3.52. The average Bonchev–Trinajstić information content (AvgIpc) is 3.35. The highest BCUT2D eigenvalue weighted by Crippen LogP contribution is 2.22. The van der Waals surface area contributed by atoms with Crippen LogP contribution in [0.2, 0.25) is 0 Å². The van der Waals surface area contributed by atoms with Gasteiger partial charge in [0.15, 0.2) is 0 Å². The number of aromatic nitrogens is 1. The van der Waals surface area contributed by atoms with Crippen LogP contribution in [0.3, 0.4) is 0 Å². The Labute approximate surface area is 182 Å². The number of aryl methyl sites for hydroxylation is 1. The molecule has 1 aliphatic heterocycles. The number of methoxy groups -OCH3 is 1. The van der Waals surface area contributed by atoms with E-state index in [0.717, 1.165) is 0 Å². The standard InChI is InChI=1S/C21H31N5O5/c1-6-9-22-21(30)23-14-11-16(18(27)24-17(13(2)3)20(29)31-5)26(12-14)19(28)15-8-7-10-25(15)4/h6-8,10,13-14,16-17H,1,9,11-12H2,2-5H3,(H,24,27)(H2,22,23,30)/t14-,16+,17+/m0/s1. The average molecular weight is 434 g/mol. The summed E-state index contributed by atoms with van der Waals surface area (Å²) in [5.74, 6) is -1.56. The number of likely N-dealkylation sites (tertiary alicyclic amines) is 1. The number of rotatable bonds is 8. The Morgan fingerprint density at radius 3 is 2.58 bits per heavy atom. The molecule has 2 rings (SSSR count). The molecule has 1 aliphatic rings. The molecule has 0 radical (unpaired) electrons. The SMILES string of the molecule is C=CCNC(=O)N[C@H]1C[C@H](C(=O)N[C@@H](C(=O)OC)C(C)C)N(C(=O)c2cccn2C)C1. The number of urea groups is 1. The zero-order chi connectivity index (χ0) is 23.1. The maximum absolute atomic E-state index is 13.1.